The SMILES string of the molecule is CCC(=O)C(N)CC1CCC(C)(C(C)C)CC1. The number of carbonyl (C=O) groups excluding carboxylic acids is 1. The van der Waals surface area contributed by atoms with Crippen molar-refractivity contribution >= 4 is 5.78 Å². The molecule has 1 unspecified atom stereocenters. The lowest BCUT2D eigenvalue weighted by atomic mass is 9.65. The molecule has 0 aromatic carbocycles. The predicted molar refractivity (Wildman–Crippen MR) is 72.8 cm³/mol. The van der Waals surface area contributed by atoms with Crippen LogP contribution in [-0.2, 0) is 4.79 Å². The Morgan fingerprint density at radius 2 is 1.88 bits per heavy atom. The Balaban J connectivity index is 2.40. The predicted octanol–water partition coefficient (Wildman–Crippen LogP) is 3.54. The van der Waals surface area contributed by atoms with Gasteiger partial charge < -0.3 is 5.73 Å². The smallest absolute Gasteiger partial charge is 0.149 e. The molecule has 0 spiro atoms. The van der Waals surface area contributed by atoms with E-state index < -0.39 is 0 Å². The maximum atomic E-state index is 11.5. The minimum absolute atomic E-state index is 0.214. The molecule has 1 aliphatic carbocycles. The summed E-state index contributed by atoms with van der Waals surface area (Å²) in [5.41, 5.74) is 6.45. The van der Waals surface area contributed by atoms with E-state index in [1.807, 2.05) is 6.92 Å². The number of hydrogen-bond acceptors (Lipinski definition) is 2. The summed E-state index contributed by atoms with van der Waals surface area (Å²) in [7, 11) is 0. The molecule has 100 valence electrons. The number of Topliss-reactive ketones (excluding diaryl/α,β-unsaturated/α-hetero) is 1. The first-order valence-electron chi connectivity index (χ1n) is 7.17. The van der Waals surface area contributed by atoms with Gasteiger partial charge in [0.15, 0.2) is 0 Å². The van der Waals surface area contributed by atoms with E-state index in [9.17, 15) is 4.79 Å². The summed E-state index contributed by atoms with van der Waals surface area (Å²) < 4.78 is 0. The van der Waals surface area contributed by atoms with Gasteiger partial charge in [-0.2, -0.15) is 0 Å². The highest BCUT2D eigenvalue weighted by atomic mass is 16.1. The van der Waals surface area contributed by atoms with E-state index in [0.717, 1.165) is 12.3 Å². The van der Waals surface area contributed by atoms with Crippen LogP contribution < -0.4 is 5.73 Å². The average molecular weight is 239 g/mol. The maximum absolute atomic E-state index is 11.5. The molecule has 0 bridgehead atoms. The van der Waals surface area contributed by atoms with Gasteiger partial charge in [0.1, 0.15) is 5.78 Å². The maximum Gasteiger partial charge on any atom is 0.149 e. The van der Waals surface area contributed by atoms with Crippen molar-refractivity contribution in [1.82, 2.24) is 0 Å². The normalized spacial score (nSPS) is 31.5. The standard InChI is InChI=1S/C15H29NO/c1-5-14(17)13(16)10-12-6-8-15(4,9-7-12)11(2)3/h11-13H,5-10,16H2,1-4H3. The molecule has 1 fully saturated rings. The van der Waals surface area contributed by atoms with E-state index in [1.165, 1.54) is 25.7 Å². The second kappa shape index (κ2) is 5.99. The molecule has 2 heteroatoms. The molecule has 0 saturated heterocycles. The molecule has 1 atom stereocenters. The van der Waals surface area contributed by atoms with Crippen LogP contribution in [0.2, 0.25) is 0 Å². The van der Waals surface area contributed by atoms with E-state index >= 15 is 0 Å². The Morgan fingerprint density at radius 3 is 2.29 bits per heavy atom. The van der Waals surface area contributed by atoms with Crippen molar-refractivity contribution in [3.05, 3.63) is 0 Å². The van der Waals surface area contributed by atoms with Gasteiger partial charge in [-0.3, -0.25) is 4.79 Å². The van der Waals surface area contributed by atoms with Crippen molar-refractivity contribution < 1.29 is 4.79 Å². The van der Waals surface area contributed by atoms with Gasteiger partial charge in [-0.15, -0.1) is 0 Å². The van der Waals surface area contributed by atoms with Crippen LogP contribution in [-0.4, -0.2) is 11.8 Å². The van der Waals surface area contributed by atoms with Crippen LogP contribution >= 0.6 is 0 Å². The Morgan fingerprint density at radius 1 is 1.35 bits per heavy atom. The van der Waals surface area contributed by atoms with Crippen LogP contribution in [0.25, 0.3) is 0 Å². The Bertz CT molecular complexity index is 252. The lowest BCUT2D eigenvalue weighted by Gasteiger charge is -2.41. The Hall–Kier alpha value is -0.370. The van der Waals surface area contributed by atoms with Crippen LogP contribution in [0.5, 0.6) is 0 Å². The number of nitrogens with two attached hydrogens (primary N) is 1. The molecule has 1 saturated carbocycles. The van der Waals surface area contributed by atoms with E-state index in [4.69, 9.17) is 5.73 Å². The number of hydrogen-bond donors (Lipinski definition) is 1. The topological polar surface area (TPSA) is 43.1 Å². The molecule has 17 heavy (non-hydrogen) atoms. The number of rotatable bonds is 5. The zero-order chi connectivity index (χ0) is 13.1. The monoisotopic (exact) mass is 239 g/mol. The van der Waals surface area contributed by atoms with Gasteiger partial charge in [0.25, 0.3) is 0 Å². The molecule has 2 N–H and O–H groups in total. The Labute approximate surface area is 106 Å². The highest BCUT2D eigenvalue weighted by Gasteiger charge is 2.34. The van der Waals surface area contributed by atoms with Gasteiger partial charge in [0.05, 0.1) is 6.04 Å². The van der Waals surface area contributed by atoms with E-state index in [-0.39, 0.29) is 11.8 Å². The third kappa shape index (κ3) is 3.80. The molecular weight excluding hydrogens is 210 g/mol. The second-order valence-electron chi connectivity index (χ2n) is 6.41. The minimum Gasteiger partial charge on any atom is -0.322 e. The summed E-state index contributed by atoms with van der Waals surface area (Å²) in [5.74, 6) is 1.66. The molecule has 1 rings (SSSR count). The molecule has 0 heterocycles. The summed E-state index contributed by atoms with van der Waals surface area (Å²) in [6, 6.07) is -0.214. The van der Waals surface area contributed by atoms with E-state index in [1.54, 1.807) is 0 Å². The number of carbonyl (C=O) groups is 1. The molecule has 0 aromatic rings. The van der Waals surface area contributed by atoms with Gasteiger partial charge in [-0.25, -0.2) is 0 Å². The Kier molecular flexibility index (Phi) is 5.18. The lowest BCUT2D eigenvalue weighted by molar-refractivity contribution is -0.120. The molecule has 1 aliphatic rings. The van der Waals surface area contributed by atoms with Gasteiger partial charge >= 0.3 is 0 Å². The molecule has 0 radical (unpaired) electrons. The fourth-order valence-electron chi connectivity index (χ4n) is 2.90. The van der Waals surface area contributed by atoms with Crippen molar-refractivity contribution in [2.45, 2.75) is 72.3 Å². The first kappa shape index (κ1) is 14.7. The van der Waals surface area contributed by atoms with Crippen molar-refractivity contribution in [2.24, 2.45) is 23.0 Å². The summed E-state index contributed by atoms with van der Waals surface area (Å²) >= 11 is 0. The first-order chi connectivity index (χ1) is 7.89. The molecular formula is C15H29NO. The van der Waals surface area contributed by atoms with Crippen molar-refractivity contribution in [1.29, 1.82) is 0 Å². The van der Waals surface area contributed by atoms with Gasteiger partial charge in [-0.1, -0.05) is 27.7 Å². The summed E-state index contributed by atoms with van der Waals surface area (Å²) in [6.45, 7) is 8.96. The van der Waals surface area contributed by atoms with Crippen molar-refractivity contribution in [3.8, 4) is 0 Å². The molecule has 0 amide bonds. The van der Waals surface area contributed by atoms with E-state index in [0.29, 0.717) is 17.8 Å². The van der Waals surface area contributed by atoms with Gasteiger partial charge in [0.2, 0.25) is 0 Å². The third-order valence-electron chi connectivity index (χ3n) is 4.99. The highest BCUT2D eigenvalue weighted by Crippen LogP contribution is 2.44. The number of ketones is 1. The van der Waals surface area contributed by atoms with Crippen LogP contribution in [0.15, 0.2) is 0 Å². The zero-order valence-electron chi connectivity index (χ0n) is 12.0. The molecule has 0 aromatic heterocycles. The minimum atomic E-state index is -0.214. The third-order valence-corrected chi connectivity index (χ3v) is 4.99. The van der Waals surface area contributed by atoms with Gasteiger partial charge in [-0.05, 0) is 49.4 Å². The average Bonchev–Trinajstić information content (AvgIpc) is 2.31. The molecule has 0 aliphatic heterocycles. The molecule has 2 nitrogen and oxygen atoms in total. The van der Waals surface area contributed by atoms with Gasteiger partial charge in [0, 0.05) is 6.42 Å². The van der Waals surface area contributed by atoms with Crippen LogP contribution in [0.1, 0.15) is 66.2 Å². The summed E-state index contributed by atoms with van der Waals surface area (Å²) in [4.78, 5) is 11.5. The second-order valence-corrected chi connectivity index (χ2v) is 6.41. The fourth-order valence-corrected chi connectivity index (χ4v) is 2.90. The largest absolute Gasteiger partial charge is 0.322 e. The van der Waals surface area contributed by atoms with E-state index in [2.05, 4.69) is 20.8 Å². The van der Waals surface area contributed by atoms with Crippen molar-refractivity contribution in [2.75, 3.05) is 0 Å². The summed E-state index contributed by atoms with van der Waals surface area (Å²) in [5, 5.41) is 0. The van der Waals surface area contributed by atoms with Crippen molar-refractivity contribution in [3.63, 3.8) is 0 Å². The fraction of sp³-hybridized carbons (Fsp3) is 0.933. The van der Waals surface area contributed by atoms with Crippen LogP contribution in [0.3, 0.4) is 0 Å². The first-order valence-corrected chi connectivity index (χ1v) is 7.17. The highest BCUT2D eigenvalue weighted by molar-refractivity contribution is 5.83. The summed E-state index contributed by atoms with van der Waals surface area (Å²) in [6.07, 6.45) is 6.57. The zero-order valence-corrected chi connectivity index (χ0v) is 12.0. The quantitative estimate of drug-likeness (QED) is 0.797. The lowest BCUT2D eigenvalue weighted by Crippen LogP contribution is -2.35. The van der Waals surface area contributed by atoms with Crippen LogP contribution in [0.4, 0.5) is 0 Å². The van der Waals surface area contributed by atoms with Crippen LogP contribution in [0, 0.1) is 17.3 Å².